The molecule has 0 bridgehead atoms. The van der Waals surface area contributed by atoms with Crippen LogP contribution in [-0.4, -0.2) is 81.3 Å². The lowest BCUT2D eigenvalue weighted by molar-refractivity contribution is 0.660. The summed E-state index contributed by atoms with van der Waals surface area (Å²) in [5.74, 6) is 3.47. The highest BCUT2D eigenvalue weighted by atomic mass is 15.2. The molecular formula is C128H89N17. The molecule has 0 atom stereocenters. The molecule has 0 spiro atoms. The van der Waals surface area contributed by atoms with Crippen molar-refractivity contribution in [3.05, 3.63) is 491 Å². The van der Waals surface area contributed by atoms with Gasteiger partial charge in [0, 0.05) is 138 Å². The van der Waals surface area contributed by atoms with Gasteiger partial charge < -0.3 is 4.40 Å². The highest BCUT2D eigenvalue weighted by Gasteiger charge is 2.38. The van der Waals surface area contributed by atoms with Crippen molar-refractivity contribution in [1.82, 2.24) is 81.3 Å². The second kappa shape index (κ2) is 34.4. The van der Waals surface area contributed by atoms with E-state index in [-0.39, 0.29) is 10.8 Å². The third-order valence-electron chi connectivity index (χ3n) is 28.9. The molecule has 686 valence electrons. The highest BCUT2D eigenvalue weighted by molar-refractivity contribution is 6.10. The van der Waals surface area contributed by atoms with Gasteiger partial charge in [-0.1, -0.05) is 331 Å². The lowest BCUT2D eigenvalue weighted by atomic mass is 9.82. The maximum Gasteiger partial charge on any atom is 0.182 e. The van der Waals surface area contributed by atoms with E-state index in [2.05, 4.69) is 435 Å². The van der Waals surface area contributed by atoms with Crippen LogP contribution in [-0.2, 0) is 10.8 Å². The van der Waals surface area contributed by atoms with Gasteiger partial charge >= 0.3 is 0 Å². The number of rotatable bonds is 14. The molecule has 29 rings (SSSR count). The van der Waals surface area contributed by atoms with Gasteiger partial charge in [0.2, 0.25) is 0 Å². The van der Waals surface area contributed by atoms with Gasteiger partial charge in [-0.2, -0.15) is 0 Å². The predicted octanol–water partition coefficient (Wildman–Crippen LogP) is 30.0. The standard InChI is InChI=1S/C44H29N7.C43H28N6.C41H32N4/c1-3-11-34(12-4-1)50-39-17-9-7-15-36(39)47-42(50)32-23-19-30(20-24-32)38-29-49-28-27-45-44(49)41(46-38)31-21-25-33(26-22-31)43-48-37-16-8-10-18-40(37)51(43)35-13-5-2-6-14-35;1-3-13-30(14-4-1)40-27-44-42-43(49-37-20-10-7-17-33(37)34-18-8-11-21-38(34)49)46-36(28-47(40)42)29-23-25-31(26-24-29)41-45-35-19-9-12-22-39(35)48(41)32-15-5-2-6-16-32;1-40(2)32-11-7-5-9-28(32)30-15-13-26(21-34(30)40)36-24-45-37(25-17-19-42-20-18-25)23-43-39(45)38(44-36)27-14-16-31-29-10-6-8-12-33(29)41(3,4)35(31)22-27/h1-29H;1-28H;5-24H,1-4H3. The molecule has 0 radical (unpaired) electrons. The zero-order valence-corrected chi connectivity index (χ0v) is 79.6. The van der Waals surface area contributed by atoms with Gasteiger partial charge in [0.05, 0.1) is 85.0 Å². The molecule has 0 saturated heterocycles. The molecule has 0 aliphatic heterocycles. The number of nitrogens with zero attached hydrogens (tertiary/aromatic N) is 17. The Hall–Kier alpha value is -19.3. The maximum absolute atomic E-state index is 5.40. The van der Waals surface area contributed by atoms with Crippen LogP contribution in [0.3, 0.4) is 0 Å². The third-order valence-corrected chi connectivity index (χ3v) is 28.9. The van der Waals surface area contributed by atoms with Crippen molar-refractivity contribution in [2.75, 3.05) is 0 Å². The van der Waals surface area contributed by atoms with Crippen LogP contribution in [0.1, 0.15) is 49.9 Å². The van der Waals surface area contributed by atoms with Gasteiger partial charge in [-0.25, -0.2) is 44.9 Å². The third kappa shape index (κ3) is 14.4. The fraction of sp³-hybridized carbons (Fsp3) is 0.0469. The number of pyridine rings is 1. The fourth-order valence-corrected chi connectivity index (χ4v) is 21.8. The van der Waals surface area contributed by atoms with Gasteiger partial charge in [0.1, 0.15) is 28.9 Å². The molecule has 0 saturated carbocycles. The summed E-state index contributed by atoms with van der Waals surface area (Å²) in [6, 6.07) is 144. The van der Waals surface area contributed by atoms with Crippen LogP contribution >= 0.6 is 0 Å². The van der Waals surface area contributed by atoms with E-state index >= 15 is 0 Å². The molecule has 17 heteroatoms. The minimum absolute atomic E-state index is 0.0906. The van der Waals surface area contributed by atoms with Crippen molar-refractivity contribution in [3.63, 3.8) is 0 Å². The minimum atomic E-state index is -0.103. The number of imidazole rings is 6. The molecule has 2 aliphatic rings. The Balaban J connectivity index is 0.000000108. The summed E-state index contributed by atoms with van der Waals surface area (Å²) in [5.41, 5.74) is 41.1. The molecule has 11 aromatic heterocycles. The van der Waals surface area contributed by atoms with Crippen LogP contribution < -0.4 is 0 Å². The number of para-hydroxylation sites is 11. The Morgan fingerprint density at radius 3 is 1.08 bits per heavy atom. The van der Waals surface area contributed by atoms with Gasteiger partial charge in [-0.3, -0.25) is 32.1 Å². The molecule has 16 aromatic carbocycles. The second-order valence-corrected chi connectivity index (χ2v) is 38.1. The predicted molar refractivity (Wildman–Crippen MR) is 584 cm³/mol. The van der Waals surface area contributed by atoms with E-state index in [1.54, 1.807) is 0 Å². The van der Waals surface area contributed by atoms with Crippen LogP contribution in [0.4, 0.5) is 0 Å². The second-order valence-electron chi connectivity index (χ2n) is 38.1. The summed E-state index contributed by atoms with van der Waals surface area (Å²) in [5, 5.41) is 2.37. The molecule has 2 aliphatic carbocycles. The first kappa shape index (κ1) is 85.0. The SMILES string of the molecule is CC1(C)c2ccccc2-c2ccc(-c3cn4c(-c5ccncc5)cnc4c(-c4ccc5c(c4)C(C)(C)c4ccccc4-5)n3)cc21.c1ccc(-c2cnc3c(-n4c5ccccc5c5ccccc54)nc(-c4ccc(-c5nc6ccccc6n5-c5ccccc5)cc4)cn23)cc1.c1ccc(-n2c(-c3ccc(-c4cn5ccnc5c(-c5ccc(-c6nc7ccccc7n6-c6ccccc6)cc5)n4)cc3)nc3ccccc32)cc1. The van der Waals surface area contributed by atoms with Crippen LogP contribution in [0, 0.1) is 0 Å². The lowest BCUT2D eigenvalue weighted by Crippen LogP contribution is -2.15. The Morgan fingerprint density at radius 2 is 0.593 bits per heavy atom. The number of aromatic nitrogens is 17. The number of benzene rings is 16. The molecule has 17 nitrogen and oxygen atoms in total. The Bertz CT molecular complexity index is 9680. The largest absolute Gasteiger partial charge is 0.303 e. The van der Waals surface area contributed by atoms with Crippen molar-refractivity contribution in [2.45, 2.75) is 38.5 Å². The first-order valence-corrected chi connectivity index (χ1v) is 48.9. The van der Waals surface area contributed by atoms with Crippen LogP contribution in [0.25, 0.3) is 230 Å². The van der Waals surface area contributed by atoms with E-state index in [0.29, 0.717) is 0 Å². The Kier molecular flexibility index (Phi) is 20.1. The molecular weight excluding hydrogens is 1780 g/mol. The summed E-state index contributed by atoms with van der Waals surface area (Å²) in [6.07, 6.45) is 17.6. The van der Waals surface area contributed by atoms with Crippen molar-refractivity contribution in [1.29, 1.82) is 0 Å². The monoisotopic (exact) mass is 1860 g/mol. The molecule has 0 N–H and O–H groups in total. The summed E-state index contributed by atoms with van der Waals surface area (Å²) in [7, 11) is 0. The quantitative estimate of drug-likeness (QED) is 0.102. The van der Waals surface area contributed by atoms with E-state index in [4.69, 9.17) is 39.9 Å². The molecule has 0 amide bonds. The van der Waals surface area contributed by atoms with E-state index in [1.165, 1.54) is 55.3 Å². The van der Waals surface area contributed by atoms with Gasteiger partial charge in [-0.15, -0.1) is 0 Å². The van der Waals surface area contributed by atoms with E-state index in [1.807, 2.05) is 102 Å². The van der Waals surface area contributed by atoms with Gasteiger partial charge in [0.15, 0.2) is 22.8 Å². The molecule has 11 heterocycles. The van der Waals surface area contributed by atoms with Crippen molar-refractivity contribution >= 4 is 71.8 Å². The zero-order valence-electron chi connectivity index (χ0n) is 79.6. The normalized spacial score (nSPS) is 12.7. The van der Waals surface area contributed by atoms with Crippen LogP contribution in [0.15, 0.2) is 468 Å². The number of fused-ring (bicyclic) bond motifs is 15. The first-order valence-electron chi connectivity index (χ1n) is 48.9. The summed E-state index contributed by atoms with van der Waals surface area (Å²) in [4.78, 5) is 50.0. The maximum atomic E-state index is 5.40. The van der Waals surface area contributed by atoms with Gasteiger partial charge in [-0.05, 0) is 154 Å². The van der Waals surface area contributed by atoms with E-state index in [9.17, 15) is 0 Å². The molecule has 27 aromatic rings. The van der Waals surface area contributed by atoms with Gasteiger partial charge in [0.25, 0.3) is 0 Å². The number of hydrogen-bond acceptors (Lipinski definition) is 10. The fourth-order valence-electron chi connectivity index (χ4n) is 21.8. The molecule has 0 fully saturated rings. The summed E-state index contributed by atoms with van der Waals surface area (Å²) in [6.45, 7) is 9.29. The van der Waals surface area contributed by atoms with E-state index < -0.39 is 0 Å². The summed E-state index contributed by atoms with van der Waals surface area (Å²) >= 11 is 0. The van der Waals surface area contributed by atoms with E-state index in [0.717, 1.165) is 197 Å². The average molecular weight is 1870 g/mol. The first-order chi connectivity index (χ1) is 71.4. The molecule has 0 unspecified atom stereocenters. The minimum Gasteiger partial charge on any atom is -0.303 e. The summed E-state index contributed by atoms with van der Waals surface area (Å²) < 4.78 is 15.3. The van der Waals surface area contributed by atoms with Crippen molar-refractivity contribution in [2.24, 2.45) is 0 Å². The molecule has 145 heavy (non-hydrogen) atoms. The Morgan fingerprint density at radius 1 is 0.234 bits per heavy atom. The Labute approximate surface area is 834 Å². The van der Waals surface area contributed by atoms with Crippen molar-refractivity contribution in [3.8, 4) is 158 Å². The van der Waals surface area contributed by atoms with Crippen LogP contribution in [0.2, 0.25) is 0 Å². The average Bonchev–Trinajstić information content (AvgIpc) is 1.57. The zero-order chi connectivity index (χ0) is 96.5. The lowest BCUT2D eigenvalue weighted by Gasteiger charge is -2.22. The smallest absolute Gasteiger partial charge is 0.182 e. The number of hydrogen-bond donors (Lipinski definition) is 0. The topological polar surface area (TPSA) is 162 Å². The highest BCUT2D eigenvalue weighted by Crippen LogP contribution is 2.53. The van der Waals surface area contributed by atoms with Crippen molar-refractivity contribution < 1.29 is 0 Å². The van der Waals surface area contributed by atoms with Crippen LogP contribution in [0.5, 0.6) is 0 Å².